The number of pyridine rings is 1. The third-order valence-corrected chi connectivity index (χ3v) is 3.41. The second-order valence-electron chi connectivity index (χ2n) is 4.71. The highest BCUT2D eigenvalue weighted by atomic mass is 35.5. The Bertz CT molecular complexity index is 578. The number of rotatable bonds is 4. The van der Waals surface area contributed by atoms with Crippen molar-refractivity contribution in [1.82, 2.24) is 10.3 Å². The van der Waals surface area contributed by atoms with Gasteiger partial charge in [0.05, 0.1) is 11.6 Å². The average Bonchev–Trinajstić information content (AvgIpc) is 2.46. The third kappa shape index (κ3) is 3.58. The van der Waals surface area contributed by atoms with Gasteiger partial charge in [-0.05, 0) is 31.0 Å². The number of nitrogens with one attached hydrogen (secondary N) is 1. The molecule has 0 aliphatic heterocycles. The molecule has 0 aliphatic rings. The zero-order valence-electron chi connectivity index (χ0n) is 11.6. The molecule has 0 bridgehead atoms. The normalized spacial score (nSPS) is 11.9. The van der Waals surface area contributed by atoms with Crippen molar-refractivity contribution in [2.75, 3.05) is 0 Å². The predicted molar refractivity (Wildman–Crippen MR) is 80.9 cm³/mol. The van der Waals surface area contributed by atoms with Crippen LogP contribution in [0.25, 0.3) is 0 Å². The van der Waals surface area contributed by atoms with Crippen LogP contribution < -0.4 is 5.32 Å². The second kappa shape index (κ2) is 6.53. The van der Waals surface area contributed by atoms with Crippen LogP contribution in [-0.4, -0.2) is 10.9 Å². The van der Waals surface area contributed by atoms with Crippen molar-refractivity contribution in [3.05, 3.63) is 64.4 Å². The first kappa shape index (κ1) is 14.5. The lowest BCUT2D eigenvalue weighted by atomic mass is 10.0. The summed E-state index contributed by atoms with van der Waals surface area (Å²) >= 11 is 5.72. The number of aryl methyl sites for hydroxylation is 1. The Hall–Kier alpha value is -1.87. The Morgan fingerprint density at radius 2 is 1.95 bits per heavy atom. The molecular weight excluding hydrogens is 272 g/mol. The summed E-state index contributed by atoms with van der Waals surface area (Å²) < 4.78 is 0. The molecule has 0 fully saturated rings. The first-order valence-corrected chi connectivity index (χ1v) is 6.97. The first-order chi connectivity index (χ1) is 9.60. The SMILES string of the molecule is CCC(NC(=O)c1ccc(Cl)nc1)c1ccc(C)cc1. The Labute approximate surface area is 124 Å². The number of halogens is 1. The van der Waals surface area contributed by atoms with Gasteiger partial charge in [0.25, 0.3) is 5.91 Å². The fourth-order valence-corrected chi connectivity index (χ4v) is 2.08. The van der Waals surface area contributed by atoms with Crippen molar-refractivity contribution in [2.24, 2.45) is 0 Å². The maximum absolute atomic E-state index is 12.2. The van der Waals surface area contributed by atoms with E-state index < -0.39 is 0 Å². The number of carbonyl (C=O) groups excluding carboxylic acids is 1. The van der Waals surface area contributed by atoms with Crippen LogP contribution in [0.1, 0.15) is 40.9 Å². The summed E-state index contributed by atoms with van der Waals surface area (Å²) in [7, 11) is 0. The summed E-state index contributed by atoms with van der Waals surface area (Å²) in [6, 6.07) is 11.5. The number of nitrogens with zero attached hydrogens (tertiary/aromatic N) is 1. The average molecular weight is 289 g/mol. The molecule has 2 rings (SSSR count). The molecule has 1 aromatic heterocycles. The fraction of sp³-hybridized carbons (Fsp3) is 0.250. The van der Waals surface area contributed by atoms with Crippen molar-refractivity contribution < 1.29 is 4.79 Å². The van der Waals surface area contributed by atoms with Gasteiger partial charge in [0.2, 0.25) is 0 Å². The van der Waals surface area contributed by atoms with Crippen molar-refractivity contribution in [3.63, 3.8) is 0 Å². The molecule has 1 heterocycles. The number of benzene rings is 1. The summed E-state index contributed by atoms with van der Waals surface area (Å²) in [6.45, 7) is 4.09. The van der Waals surface area contributed by atoms with E-state index in [0.29, 0.717) is 10.7 Å². The number of aromatic nitrogens is 1. The number of hydrogen-bond acceptors (Lipinski definition) is 2. The summed E-state index contributed by atoms with van der Waals surface area (Å²) in [5.74, 6) is -0.137. The van der Waals surface area contributed by atoms with Gasteiger partial charge in [-0.15, -0.1) is 0 Å². The number of carbonyl (C=O) groups is 1. The lowest BCUT2D eigenvalue weighted by Crippen LogP contribution is -2.28. The zero-order valence-corrected chi connectivity index (χ0v) is 12.3. The Balaban J connectivity index is 2.11. The minimum absolute atomic E-state index is 0.00113. The molecular formula is C16H17ClN2O. The largest absolute Gasteiger partial charge is 0.345 e. The molecule has 0 spiro atoms. The Morgan fingerprint density at radius 3 is 2.50 bits per heavy atom. The van der Waals surface area contributed by atoms with Crippen LogP contribution in [0.4, 0.5) is 0 Å². The van der Waals surface area contributed by atoms with Crippen LogP contribution in [-0.2, 0) is 0 Å². The summed E-state index contributed by atoms with van der Waals surface area (Å²) in [5.41, 5.74) is 2.82. The smallest absolute Gasteiger partial charge is 0.253 e. The van der Waals surface area contributed by atoms with Crippen LogP contribution in [0.2, 0.25) is 5.15 Å². The molecule has 20 heavy (non-hydrogen) atoms. The summed E-state index contributed by atoms with van der Waals surface area (Å²) in [6.07, 6.45) is 2.31. The van der Waals surface area contributed by atoms with Crippen LogP contribution in [0.3, 0.4) is 0 Å². The quantitative estimate of drug-likeness (QED) is 0.866. The molecule has 0 saturated carbocycles. The lowest BCUT2D eigenvalue weighted by molar-refractivity contribution is 0.0935. The molecule has 1 amide bonds. The topological polar surface area (TPSA) is 42.0 Å². The molecule has 4 heteroatoms. The summed E-state index contributed by atoms with van der Waals surface area (Å²) in [5, 5.41) is 3.40. The van der Waals surface area contributed by atoms with Crippen molar-refractivity contribution in [3.8, 4) is 0 Å². The van der Waals surface area contributed by atoms with Gasteiger partial charge in [-0.1, -0.05) is 48.4 Å². The van der Waals surface area contributed by atoms with Crippen LogP contribution in [0.15, 0.2) is 42.6 Å². The number of amides is 1. The fourth-order valence-electron chi connectivity index (χ4n) is 1.97. The Morgan fingerprint density at radius 1 is 1.25 bits per heavy atom. The van der Waals surface area contributed by atoms with E-state index in [1.165, 1.54) is 11.8 Å². The van der Waals surface area contributed by atoms with Gasteiger partial charge in [-0.3, -0.25) is 4.79 Å². The van der Waals surface area contributed by atoms with E-state index in [-0.39, 0.29) is 11.9 Å². The summed E-state index contributed by atoms with van der Waals surface area (Å²) in [4.78, 5) is 16.1. The van der Waals surface area contributed by atoms with Gasteiger partial charge in [0, 0.05) is 6.20 Å². The molecule has 1 unspecified atom stereocenters. The third-order valence-electron chi connectivity index (χ3n) is 3.18. The molecule has 1 N–H and O–H groups in total. The molecule has 0 radical (unpaired) electrons. The van der Waals surface area contributed by atoms with E-state index >= 15 is 0 Å². The van der Waals surface area contributed by atoms with Crippen molar-refractivity contribution in [2.45, 2.75) is 26.3 Å². The molecule has 3 nitrogen and oxygen atoms in total. The van der Waals surface area contributed by atoms with Gasteiger partial charge < -0.3 is 5.32 Å². The minimum atomic E-state index is -0.137. The molecule has 1 atom stereocenters. The second-order valence-corrected chi connectivity index (χ2v) is 5.10. The van der Waals surface area contributed by atoms with Crippen molar-refractivity contribution >= 4 is 17.5 Å². The molecule has 0 saturated heterocycles. The monoisotopic (exact) mass is 288 g/mol. The van der Waals surface area contributed by atoms with Gasteiger partial charge in [-0.2, -0.15) is 0 Å². The zero-order chi connectivity index (χ0) is 14.5. The van der Waals surface area contributed by atoms with Crippen LogP contribution in [0, 0.1) is 6.92 Å². The van der Waals surface area contributed by atoms with Crippen LogP contribution >= 0.6 is 11.6 Å². The maximum atomic E-state index is 12.2. The minimum Gasteiger partial charge on any atom is -0.345 e. The highest BCUT2D eigenvalue weighted by Crippen LogP contribution is 2.18. The highest BCUT2D eigenvalue weighted by Gasteiger charge is 2.14. The maximum Gasteiger partial charge on any atom is 0.253 e. The van der Waals surface area contributed by atoms with E-state index in [9.17, 15) is 4.79 Å². The van der Waals surface area contributed by atoms with Gasteiger partial charge in [0.1, 0.15) is 5.15 Å². The molecule has 104 valence electrons. The van der Waals surface area contributed by atoms with E-state index in [0.717, 1.165) is 12.0 Å². The molecule has 0 aliphatic carbocycles. The predicted octanol–water partition coefficient (Wildman–Crippen LogP) is 3.92. The van der Waals surface area contributed by atoms with E-state index in [1.807, 2.05) is 38.1 Å². The van der Waals surface area contributed by atoms with Gasteiger partial charge >= 0.3 is 0 Å². The van der Waals surface area contributed by atoms with E-state index in [1.54, 1.807) is 12.1 Å². The van der Waals surface area contributed by atoms with Crippen LogP contribution in [0.5, 0.6) is 0 Å². The van der Waals surface area contributed by atoms with Gasteiger partial charge in [0.15, 0.2) is 0 Å². The standard InChI is InChI=1S/C16H17ClN2O/c1-3-14(12-6-4-11(2)5-7-12)19-16(20)13-8-9-15(17)18-10-13/h4-10,14H,3H2,1-2H3,(H,19,20). The molecule has 1 aromatic carbocycles. The van der Waals surface area contributed by atoms with Crippen molar-refractivity contribution in [1.29, 1.82) is 0 Å². The van der Waals surface area contributed by atoms with E-state index in [2.05, 4.69) is 10.3 Å². The lowest BCUT2D eigenvalue weighted by Gasteiger charge is -2.17. The van der Waals surface area contributed by atoms with Gasteiger partial charge in [-0.25, -0.2) is 4.98 Å². The number of hydrogen-bond donors (Lipinski definition) is 1. The highest BCUT2D eigenvalue weighted by molar-refractivity contribution is 6.29. The Kier molecular flexibility index (Phi) is 4.74. The molecule has 2 aromatic rings. The van der Waals surface area contributed by atoms with E-state index in [4.69, 9.17) is 11.6 Å². The first-order valence-electron chi connectivity index (χ1n) is 6.59.